The number of hydrogen-bond donors (Lipinski definition) is 1. The Kier molecular flexibility index (Phi) is 4.78. The number of rotatable bonds is 6. The van der Waals surface area contributed by atoms with Crippen molar-refractivity contribution in [1.29, 1.82) is 0 Å². The van der Waals surface area contributed by atoms with E-state index in [1.54, 1.807) is 0 Å². The van der Waals surface area contributed by atoms with Gasteiger partial charge < -0.3 is 5.11 Å². The molecule has 1 heterocycles. The van der Waals surface area contributed by atoms with E-state index in [0.29, 0.717) is 6.07 Å². The Morgan fingerprint density at radius 1 is 1.43 bits per heavy atom. The van der Waals surface area contributed by atoms with E-state index in [4.69, 9.17) is 4.18 Å². The van der Waals surface area contributed by atoms with E-state index in [-0.39, 0.29) is 12.1 Å². The van der Waals surface area contributed by atoms with Crippen LogP contribution >= 0.6 is 0 Å². The molecular weight excluding hydrogens is 332 g/mol. The van der Waals surface area contributed by atoms with Crippen LogP contribution in [-0.2, 0) is 26.4 Å². The minimum Gasteiger partial charge on any atom is -0.380 e. The van der Waals surface area contributed by atoms with E-state index in [2.05, 4.69) is 10.1 Å². The second kappa shape index (κ2) is 6.30. The van der Waals surface area contributed by atoms with E-state index >= 15 is 0 Å². The quantitative estimate of drug-likeness (QED) is 0.777. The topological polar surface area (TPSA) is 94.3 Å². The van der Waals surface area contributed by atoms with Crippen LogP contribution in [0.4, 0.5) is 8.78 Å². The first-order valence-electron chi connectivity index (χ1n) is 6.50. The number of halogens is 2. The smallest absolute Gasteiger partial charge is 0.264 e. The van der Waals surface area contributed by atoms with Gasteiger partial charge in [0.2, 0.25) is 0 Å². The van der Waals surface area contributed by atoms with E-state index in [1.165, 1.54) is 24.3 Å². The number of aromatic nitrogens is 3. The van der Waals surface area contributed by atoms with Crippen molar-refractivity contribution in [3.05, 3.63) is 48.1 Å². The maximum absolute atomic E-state index is 14.1. The third-order valence-electron chi connectivity index (χ3n) is 3.26. The van der Waals surface area contributed by atoms with Crippen LogP contribution in [0, 0.1) is 11.6 Å². The van der Waals surface area contributed by atoms with Crippen LogP contribution in [0.25, 0.3) is 0 Å². The van der Waals surface area contributed by atoms with Crippen molar-refractivity contribution in [2.24, 2.45) is 0 Å². The molecule has 2 rings (SSSR count). The van der Waals surface area contributed by atoms with Crippen molar-refractivity contribution in [3.8, 4) is 0 Å². The molecule has 7 nitrogen and oxygen atoms in total. The highest BCUT2D eigenvalue weighted by Crippen LogP contribution is 2.32. The molecule has 0 amide bonds. The van der Waals surface area contributed by atoms with Gasteiger partial charge in [0.15, 0.2) is 0 Å². The van der Waals surface area contributed by atoms with Gasteiger partial charge in [-0.2, -0.15) is 13.5 Å². The van der Waals surface area contributed by atoms with Crippen LogP contribution in [0.15, 0.2) is 30.9 Å². The Hall–Kier alpha value is -1.91. The Labute approximate surface area is 131 Å². The van der Waals surface area contributed by atoms with Gasteiger partial charge in [-0.1, -0.05) is 6.07 Å². The molecule has 1 aromatic carbocycles. The lowest BCUT2D eigenvalue weighted by Gasteiger charge is -2.33. The highest BCUT2D eigenvalue weighted by molar-refractivity contribution is 7.86. The SMILES string of the molecule is C[C@@H](OS(C)(=O)=O)[C@](O)(Cn1cncn1)c1ccc(F)cc1F. The molecular formula is C13H15F2N3O4S. The van der Waals surface area contributed by atoms with Crippen LogP contribution in [0.2, 0.25) is 0 Å². The van der Waals surface area contributed by atoms with Gasteiger partial charge in [-0.05, 0) is 13.0 Å². The largest absolute Gasteiger partial charge is 0.380 e. The molecule has 2 aromatic rings. The summed E-state index contributed by atoms with van der Waals surface area (Å²) >= 11 is 0. The lowest BCUT2D eigenvalue weighted by atomic mass is 9.88. The number of nitrogens with zero attached hydrogens (tertiary/aromatic N) is 3. The van der Waals surface area contributed by atoms with E-state index in [9.17, 15) is 22.3 Å². The number of benzene rings is 1. The van der Waals surface area contributed by atoms with Gasteiger partial charge in [0, 0.05) is 11.6 Å². The van der Waals surface area contributed by atoms with Crippen LogP contribution < -0.4 is 0 Å². The summed E-state index contributed by atoms with van der Waals surface area (Å²) < 4.78 is 55.9. The zero-order valence-corrected chi connectivity index (χ0v) is 13.2. The summed E-state index contributed by atoms with van der Waals surface area (Å²) in [6.45, 7) is 0.924. The van der Waals surface area contributed by atoms with Gasteiger partial charge in [-0.3, -0.25) is 4.18 Å². The van der Waals surface area contributed by atoms with Gasteiger partial charge in [-0.25, -0.2) is 18.4 Å². The average Bonchev–Trinajstić information content (AvgIpc) is 2.88. The van der Waals surface area contributed by atoms with Crippen molar-refractivity contribution in [1.82, 2.24) is 14.8 Å². The van der Waals surface area contributed by atoms with Crippen molar-refractivity contribution in [2.45, 2.75) is 25.2 Å². The van der Waals surface area contributed by atoms with E-state index in [0.717, 1.165) is 18.4 Å². The normalized spacial score (nSPS) is 16.0. The zero-order valence-electron chi connectivity index (χ0n) is 12.3. The van der Waals surface area contributed by atoms with Gasteiger partial charge in [0.1, 0.15) is 36.0 Å². The molecule has 0 aliphatic heterocycles. The molecule has 0 spiro atoms. The number of aliphatic hydroxyl groups is 1. The molecule has 0 aliphatic rings. The van der Waals surface area contributed by atoms with Crippen molar-refractivity contribution >= 4 is 10.1 Å². The van der Waals surface area contributed by atoms with Crippen molar-refractivity contribution < 1.29 is 26.5 Å². The first-order valence-corrected chi connectivity index (χ1v) is 8.32. The average molecular weight is 347 g/mol. The van der Waals surface area contributed by atoms with E-state index in [1.807, 2.05) is 0 Å². The first-order chi connectivity index (χ1) is 10.6. The molecule has 0 radical (unpaired) electrons. The van der Waals surface area contributed by atoms with Gasteiger partial charge >= 0.3 is 0 Å². The summed E-state index contributed by atoms with van der Waals surface area (Å²) in [6.07, 6.45) is 1.91. The van der Waals surface area contributed by atoms with Crippen LogP contribution in [0.3, 0.4) is 0 Å². The summed E-state index contributed by atoms with van der Waals surface area (Å²) in [5.74, 6) is -1.86. The predicted molar refractivity (Wildman–Crippen MR) is 75.7 cm³/mol. The van der Waals surface area contributed by atoms with Crippen LogP contribution in [0.5, 0.6) is 0 Å². The van der Waals surface area contributed by atoms with E-state index < -0.39 is 33.5 Å². The summed E-state index contributed by atoms with van der Waals surface area (Å²) in [6, 6.07) is 2.58. The Bertz CT molecular complexity index is 783. The van der Waals surface area contributed by atoms with Gasteiger partial charge in [0.05, 0.1) is 12.8 Å². The molecule has 0 unspecified atom stereocenters. The molecule has 1 N–H and O–H groups in total. The fourth-order valence-electron chi connectivity index (χ4n) is 2.18. The Morgan fingerprint density at radius 3 is 2.65 bits per heavy atom. The fraction of sp³-hybridized carbons (Fsp3) is 0.385. The highest BCUT2D eigenvalue weighted by Gasteiger charge is 2.41. The first kappa shape index (κ1) is 17.4. The van der Waals surface area contributed by atoms with Crippen LogP contribution in [-0.4, -0.2) is 40.6 Å². The van der Waals surface area contributed by atoms with Crippen molar-refractivity contribution in [3.63, 3.8) is 0 Å². The summed E-state index contributed by atoms with van der Waals surface area (Å²) in [4.78, 5) is 3.70. The third-order valence-corrected chi connectivity index (χ3v) is 3.90. The van der Waals surface area contributed by atoms with Crippen molar-refractivity contribution in [2.75, 3.05) is 6.26 Å². The maximum Gasteiger partial charge on any atom is 0.264 e. The zero-order chi connectivity index (χ0) is 17.3. The minimum absolute atomic E-state index is 0.314. The standard InChI is InChI=1S/C13H15F2N3O4S/c1-9(22-23(2,20)21)13(19,6-18-8-16-7-17-18)11-4-3-10(14)5-12(11)15/h3-5,7-9,19H,6H2,1-2H3/t9-,13-/m1/s1. The second-order valence-corrected chi connectivity index (χ2v) is 6.68. The predicted octanol–water partition coefficient (Wildman–Crippen LogP) is 0.809. The van der Waals surface area contributed by atoms with Crippen LogP contribution in [0.1, 0.15) is 12.5 Å². The summed E-state index contributed by atoms with van der Waals surface area (Å²) in [7, 11) is -3.92. The molecule has 10 heteroatoms. The lowest BCUT2D eigenvalue weighted by Crippen LogP contribution is -2.45. The third kappa shape index (κ3) is 4.09. The molecule has 126 valence electrons. The summed E-state index contributed by atoms with van der Waals surface area (Å²) in [5.41, 5.74) is -2.43. The molecule has 0 saturated heterocycles. The van der Waals surface area contributed by atoms with Gasteiger partial charge in [-0.15, -0.1) is 0 Å². The molecule has 0 bridgehead atoms. The Balaban J connectivity index is 2.49. The molecule has 23 heavy (non-hydrogen) atoms. The minimum atomic E-state index is -3.92. The Morgan fingerprint density at radius 2 is 2.13 bits per heavy atom. The fourth-order valence-corrected chi connectivity index (χ4v) is 2.86. The van der Waals surface area contributed by atoms with Gasteiger partial charge in [0.25, 0.3) is 10.1 Å². The molecule has 2 atom stereocenters. The highest BCUT2D eigenvalue weighted by atomic mass is 32.2. The molecule has 0 saturated carbocycles. The second-order valence-electron chi connectivity index (χ2n) is 5.08. The maximum atomic E-state index is 14.1. The summed E-state index contributed by atoms with van der Waals surface area (Å²) in [5, 5.41) is 14.7. The molecule has 1 aromatic heterocycles. The number of hydrogen-bond acceptors (Lipinski definition) is 6. The molecule has 0 aliphatic carbocycles. The monoisotopic (exact) mass is 347 g/mol. The lowest BCUT2D eigenvalue weighted by molar-refractivity contribution is -0.0734. The molecule has 0 fully saturated rings.